The minimum absolute atomic E-state index is 0.102. The Labute approximate surface area is 80.9 Å². The van der Waals surface area contributed by atoms with Gasteiger partial charge in [0, 0.05) is 6.04 Å². The number of hydrogen-bond donors (Lipinski definition) is 1. The molecule has 2 heteroatoms. The molecule has 78 valence electrons. The van der Waals surface area contributed by atoms with Gasteiger partial charge in [0.05, 0.1) is 0 Å². The van der Waals surface area contributed by atoms with Crippen molar-refractivity contribution >= 4 is 0 Å². The fourth-order valence-corrected chi connectivity index (χ4v) is 1.94. The van der Waals surface area contributed by atoms with Gasteiger partial charge in [0.1, 0.15) is 5.67 Å². The molecule has 0 aromatic heterocycles. The molecule has 0 aromatic rings. The van der Waals surface area contributed by atoms with Crippen LogP contribution >= 0.6 is 0 Å². The highest BCUT2D eigenvalue weighted by atomic mass is 19.1. The number of hydrogen-bond acceptors (Lipinski definition) is 1. The molecule has 2 unspecified atom stereocenters. The Morgan fingerprint density at radius 1 is 1.46 bits per heavy atom. The Morgan fingerprint density at radius 2 is 2.08 bits per heavy atom. The highest BCUT2D eigenvalue weighted by Gasteiger charge is 2.38. The molecule has 1 aliphatic carbocycles. The minimum Gasteiger partial charge on any atom is -0.328 e. The Hall–Kier alpha value is -0.110. The van der Waals surface area contributed by atoms with E-state index >= 15 is 0 Å². The van der Waals surface area contributed by atoms with Gasteiger partial charge in [0.25, 0.3) is 0 Å². The van der Waals surface area contributed by atoms with E-state index in [0.29, 0.717) is 19.3 Å². The summed E-state index contributed by atoms with van der Waals surface area (Å²) in [6, 6.07) is 0.102. The lowest BCUT2D eigenvalue weighted by Crippen LogP contribution is -2.25. The second-order valence-corrected chi connectivity index (χ2v) is 5.71. The summed E-state index contributed by atoms with van der Waals surface area (Å²) >= 11 is 0. The van der Waals surface area contributed by atoms with Gasteiger partial charge in [-0.25, -0.2) is 4.39 Å². The standard InChI is InChI=1S/C11H22FN/c1-10(2,3)6-7-11(12)5-4-9(13)8-11/h9H,4-8,13H2,1-3H3. The van der Waals surface area contributed by atoms with E-state index in [1.54, 1.807) is 0 Å². The third-order valence-corrected chi connectivity index (χ3v) is 2.91. The van der Waals surface area contributed by atoms with Crippen LogP contribution in [0, 0.1) is 5.41 Å². The predicted octanol–water partition coefficient (Wildman–Crippen LogP) is 3.03. The summed E-state index contributed by atoms with van der Waals surface area (Å²) in [5, 5.41) is 0. The highest BCUT2D eigenvalue weighted by molar-refractivity contribution is 4.92. The van der Waals surface area contributed by atoms with Gasteiger partial charge in [-0.1, -0.05) is 20.8 Å². The van der Waals surface area contributed by atoms with Gasteiger partial charge in [-0.2, -0.15) is 0 Å². The molecule has 2 atom stereocenters. The summed E-state index contributed by atoms with van der Waals surface area (Å²) in [7, 11) is 0. The molecule has 1 aliphatic rings. The maximum Gasteiger partial charge on any atom is 0.112 e. The quantitative estimate of drug-likeness (QED) is 0.706. The summed E-state index contributed by atoms with van der Waals surface area (Å²) in [4.78, 5) is 0. The van der Waals surface area contributed by atoms with Crippen LogP contribution in [0.3, 0.4) is 0 Å². The molecule has 1 rings (SSSR count). The van der Waals surface area contributed by atoms with E-state index in [1.165, 1.54) is 0 Å². The van der Waals surface area contributed by atoms with Crippen LogP contribution in [-0.2, 0) is 0 Å². The second kappa shape index (κ2) is 3.56. The van der Waals surface area contributed by atoms with Crippen molar-refractivity contribution in [1.29, 1.82) is 0 Å². The first-order chi connectivity index (χ1) is 5.81. The van der Waals surface area contributed by atoms with Crippen LogP contribution in [0.5, 0.6) is 0 Å². The Kier molecular flexibility index (Phi) is 3.01. The molecule has 0 spiro atoms. The van der Waals surface area contributed by atoms with Crippen molar-refractivity contribution in [3.05, 3.63) is 0 Å². The normalized spacial score (nSPS) is 35.3. The second-order valence-electron chi connectivity index (χ2n) is 5.71. The molecular formula is C11H22FN. The fraction of sp³-hybridized carbons (Fsp3) is 1.00. The lowest BCUT2D eigenvalue weighted by atomic mass is 9.85. The van der Waals surface area contributed by atoms with Crippen molar-refractivity contribution in [2.45, 2.75) is 64.6 Å². The first kappa shape index (κ1) is 11.0. The van der Waals surface area contributed by atoms with Crippen LogP contribution < -0.4 is 5.73 Å². The van der Waals surface area contributed by atoms with Gasteiger partial charge in [-0.05, 0) is 37.5 Å². The van der Waals surface area contributed by atoms with E-state index in [9.17, 15) is 4.39 Å². The largest absolute Gasteiger partial charge is 0.328 e. The van der Waals surface area contributed by atoms with Crippen molar-refractivity contribution in [3.63, 3.8) is 0 Å². The number of alkyl halides is 1. The molecule has 1 saturated carbocycles. The summed E-state index contributed by atoms with van der Waals surface area (Å²) in [6.45, 7) is 6.47. The molecule has 0 aromatic carbocycles. The highest BCUT2D eigenvalue weighted by Crippen LogP contribution is 2.39. The monoisotopic (exact) mass is 187 g/mol. The van der Waals surface area contributed by atoms with E-state index in [-0.39, 0.29) is 11.5 Å². The van der Waals surface area contributed by atoms with Gasteiger partial charge < -0.3 is 5.73 Å². The first-order valence-electron chi connectivity index (χ1n) is 5.25. The molecule has 0 saturated heterocycles. The predicted molar refractivity (Wildman–Crippen MR) is 54.4 cm³/mol. The van der Waals surface area contributed by atoms with Crippen LogP contribution in [0.2, 0.25) is 0 Å². The summed E-state index contributed by atoms with van der Waals surface area (Å²) < 4.78 is 14.0. The van der Waals surface area contributed by atoms with Crippen LogP contribution in [0.15, 0.2) is 0 Å². The lowest BCUT2D eigenvalue weighted by molar-refractivity contribution is 0.134. The fourth-order valence-electron chi connectivity index (χ4n) is 1.94. The average molecular weight is 187 g/mol. The zero-order valence-corrected chi connectivity index (χ0v) is 9.07. The Balaban J connectivity index is 2.36. The smallest absolute Gasteiger partial charge is 0.112 e. The van der Waals surface area contributed by atoms with Gasteiger partial charge in [-0.3, -0.25) is 0 Å². The van der Waals surface area contributed by atoms with Gasteiger partial charge in [0.15, 0.2) is 0 Å². The van der Waals surface area contributed by atoms with E-state index in [4.69, 9.17) is 5.73 Å². The zero-order chi connectivity index (χ0) is 10.1. The van der Waals surface area contributed by atoms with Crippen LogP contribution in [0.25, 0.3) is 0 Å². The summed E-state index contributed by atoms with van der Waals surface area (Å²) in [6.07, 6.45) is 3.74. The Bertz CT molecular complexity index is 173. The lowest BCUT2D eigenvalue weighted by Gasteiger charge is -2.25. The van der Waals surface area contributed by atoms with Crippen LogP contribution in [0.4, 0.5) is 4.39 Å². The third kappa shape index (κ3) is 3.63. The molecule has 1 nitrogen and oxygen atoms in total. The third-order valence-electron chi connectivity index (χ3n) is 2.91. The van der Waals surface area contributed by atoms with Crippen molar-refractivity contribution in [1.82, 2.24) is 0 Å². The minimum atomic E-state index is -0.952. The molecule has 0 heterocycles. The van der Waals surface area contributed by atoms with Crippen molar-refractivity contribution in [3.8, 4) is 0 Å². The molecule has 1 fully saturated rings. The number of halogens is 1. The van der Waals surface area contributed by atoms with Crippen LogP contribution in [-0.4, -0.2) is 11.7 Å². The molecule has 13 heavy (non-hydrogen) atoms. The van der Waals surface area contributed by atoms with Gasteiger partial charge in [0.2, 0.25) is 0 Å². The van der Waals surface area contributed by atoms with E-state index < -0.39 is 5.67 Å². The van der Waals surface area contributed by atoms with Gasteiger partial charge >= 0.3 is 0 Å². The Morgan fingerprint density at radius 3 is 2.46 bits per heavy atom. The summed E-state index contributed by atoms with van der Waals surface area (Å²) in [5.74, 6) is 0. The number of rotatable bonds is 2. The zero-order valence-electron chi connectivity index (χ0n) is 9.07. The molecule has 0 radical (unpaired) electrons. The van der Waals surface area contributed by atoms with Gasteiger partial charge in [-0.15, -0.1) is 0 Å². The molecule has 2 N–H and O–H groups in total. The van der Waals surface area contributed by atoms with Crippen molar-refractivity contribution in [2.75, 3.05) is 0 Å². The first-order valence-corrected chi connectivity index (χ1v) is 5.25. The maximum absolute atomic E-state index is 14.0. The molecule has 0 aliphatic heterocycles. The van der Waals surface area contributed by atoms with E-state index in [1.807, 2.05) is 0 Å². The SMILES string of the molecule is CC(C)(C)CCC1(F)CCC(N)C1. The van der Waals surface area contributed by atoms with Crippen LogP contribution in [0.1, 0.15) is 52.9 Å². The number of nitrogens with two attached hydrogens (primary N) is 1. The van der Waals surface area contributed by atoms with E-state index in [0.717, 1.165) is 12.8 Å². The summed E-state index contributed by atoms with van der Waals surface area (Å²) in [5.41, 5.74) is 5.00. The molecule has 0 bridgehead atoms. The maximum atomic E-state index is 14.0. The molecular weight excluding hydrogens is 165 g/mol. The average Bonchev–Trinajstić information content (AvgIpc) is 2.27. The molecule has 0 amide bonds. The van der Waals surface area contributed by atoms with E-state index in [2.05, 4.69) is 20.8 Å². The van der Waals surface area contributed by atoms with Crippen molar-refractivity contribution in [2.24, 2.45) is 11.1 Å². The van der Waals surface area contributed by atoms with Crippen molar-refractivity contribution < 1.29 is 4.39 Å². The topological polar surface area (TPSA) is 26.0 Å².